The summed E-state index contributed by atoms with van der Waals surface area (Å²) in [6, 6.07) is 0. The summed E-state index contributed by atoms with van der Waals surface area (Å²) < 4.78 is 5.22. The molecule has 0 spiro atoms. The molecule has 0 aliphatic heterocycles. The number of carboxylic acid groups (broad SMARTS) is 1. The summed E-state index contributed by atoms with van der Waals surface area (Å²) in [5.41, 5.74) is -0.120. The van der Waals surface area contributed by atoms with Crippen LogP contribution in [0.4, 0.5) is 0 Å². The highest BCUT2D eigenvalue weighted by Crippen LogP contribution is 2.05. The molecule has 0 atom stereocenters. The number of hydrogen-bond acceptors (Lipinski definition) is 5. The third kappa shape index (κ3) is 2.32. The minimum atomic E-state index is -1.12. The topological polar surface area (TPSA) is 101 Å². The lowest BCUT2D eigenvalue weighted by Crippen LogP contribution is -2.03. The number of aromatic amines is 1. The van der Waals surface area contributed by atoms with Gasteiger partial charge in [0.1, 0.15) is 12.4 Å². The molecule has 16 heavy (non-hydrogen) atoms. The standard InChI is InChI=1S/C9H8N4O3/c14-9(15)6-3-13-8(4-12-6)16-5-7-10-1-2-11-7/h1-4H,5H2,(H,10,11)(H,14,15). The summed E-state index contributed by atoms with van der Waals surface area (Å²) in [5.74, 6) is -0.212. The Kier molecular flexibility index (Phi) is 2.77. The molecule has 2 N–H and O–H groups in total. The molecule has 2 rings (SSSR count). The summed E-state index contributed by atoms with van der Waals surface area (Å²) in [6.07, 6.45) is 5.68. The van der Waals surface area contributed by atoms with E-state index < -0.39 is 5.97 Å². The molecule has 0 amide bonds. The van der Waals surface area contributed by atoms with Crippen molar-refractivity contribution in [2.24, 2.45) is 0 Å². The predicted octanol–water partition coefficient (Wildman–Crippen LogP) is 0.477. The van der Waals surface area contributed by atoms with Gasteiger partial charge >= 0.3 is 5.97 Å². The van der Waals surface area contributed by atoms with Crippen molar-refractivity contribution < 1.29 is 14.6 Å². The van der Waals surface area contributed by atoms with Crippen LogP contribution in [0.1, 0.15) is 16.3 Å². The second-order valence-corrected chi connectivity index (χ2v) is 2.87. The first kappa shape index (κ1) is 10.1. The molecule has 0 bridgehead atoms. The Morgan fingerprint density at radius 3 is 2.81 bits per heavy atom. The monoisotopic (exact) mass is 220 g/mol. The lowest BCUT2D eigenvalue weighted by molar-refractivity contribution is 0.0689. The summed E-state index contributed by atoms with van der Waals surface area (Å²) in [4.78, 5) is 24.8. The number of carbonyl (C=O) groups is 1. The Morgan fingerprint density at radius 1 is 1.38 bits per heavy atom. The number of rotatable bonds is 4. The van der Waals surface area contributed by atoms with Crippen LogP contribution in [0.3, 0.4) is 0 Å². The van der Waals surface area contributed by atoms with Crippen molar-refractivity contribution in [3.05, 3.63) is 36.3 Å². The SMILES string of the molecule is O=C(O)c1cnc(OCc2ncc[nH]2)cn1. The summed E-state index contributed by atoms with van der Waals surface area (Å²) in [5, 5.41) is 8.60. The minimum absolute atomic E-state index is 0.120. The van der Waals surface area contributed by atoms with E-state index in [2.05, 4.69) is 19.9 Å². The zero-order valence-corrected chi connectivity index (χ0v) is 8.12. The molecule has 0 unspecified atom stereocenters. The van der Waals surface area contributed by atoms with E-state index in [0.29, 0.717) is 5.82 Å². The lowest BCUT2D eigenvalue weighted by atomic mass is 10.5. The van der Waals surface area contributed by atoms with Crippen LogP contribution in [-0.4, -0.2) is 31.0 Å². The van der Waals surface area contributed by atoms with Crippen molar-refractivity contribution >= 4 is 5.97 Å². The summed E-state index contributed by atoms with van der Waals surface area (Å²) >= 11 is 0. The normalized spacial score (nSPS) is 10.0. The van der Waals surface area contributed by atoms with Gasteiger partial charge in [-0.05, 0) is 0 Å². The zero-order chi connectivity index (χ0) is 11.4. The molecule has 0 radical (unpaired) electrons. The minimum Gasteiger partial charge on any atom is -0.476 e. The van der Waals surface area contributed by atoms with Gasteiger partial charge < -0.3 is 14.8 Å². The van der Waals surface area contributed by atoms with E-state index in [4.69, 9.17) is 9.84 Å². The molecule has 0 aromatic carbocycles. The second-order valence-electron chi connectivity index (χ2n) is 2.87. The third-order valence-electron chi connectivity index (χ3n) is 1.76. The number of carboxylic acids is 1. The average Bonchev–Trinajstić information content (AvgIpc) is 2.80. The van der Waals surface area contributed by atoms with Gasteiger partial charge in [0.15, 0.2) is 5.69 Å². The van der Waals surface area contributed by atoms with Crippen LogP contribution in [0.15, 0.2) is 24.8 Å². The van der Waals surface area contributed by atoms with E-state index >= 15 is 0 Å². The van der Waals surface area contributed by atoms with E-state index in [1.54, 1.807) is 12.4 Å². The van der Waals surface area contributed by atoms with E-state index in [-0.39, 0.29) is 18.2 Å². The maximum Gasteiger partial charge on any atom is 0.356 e. The fourth-order valence-electron chi connectivity index (χ4n) is 1.02. The smallest absolute Gasteiger partial charge is 0.356 e. The average molecular weight is 220 g/mol. The van der Waals surface area contributed by atoms with Gasteiger partial charge in [-0.25, -0.2) is 19.7 Å². The number of ether oxygens (including phenoxy) is 1. The second kappa shape index (κ2) is 4.39. The number of aromatic nitrogens is 4. The fraction of sp³-hybridized carbons (Fsp3) is 0.111. The van der Waals surface area contributed by atoms with Crippen molar-refractivity contribution in [2.45, 2.75) is 6.61 Å². The number of nitrogens with zero attached hydrogens (tertiary/aromatic N) is 3. The Labute approximate surface area is 90.2 Å². The zero-order valence-electron chi connectivity index (χ0n) is 8.12. The molecule has 0 saturated carbocycles. The van der Waals surface area contributed by atoms with Gasteiger partial charge in [0.05, 0.1) is 12.4 Å². The summed E-state index contributed by atoms with van der Waals surface area (Å²) in [7, 11) is 0. The highest BCUT2D eigenvalue weighted by molar-refractivity contribution is 5.84. The molecule has 2 heterocycles. The molecule has 2 aromatic rings. The van der Waals surface area contributed by atoms with E-state index in [1.807, 2.05) is 0 Å². The van der Waals surface area contributed by atoms with Crippen LogP contribution in [0, 0.1) is 0 Å². The lowest BCUT2D eigenvalue weighted by Gasteiger charge is -2.02. The van der Waals surface area contributed by atoms with Crippen molar-refractivity contribution in [1.82, 2.24) is 19.9 Å². The van der Waals surface area contributed by atoms with Crippen LogP contribution in [0.2, 0.25) is 0 Å². The van der Waals surface area contributed by atoms with Gasteiger partial charge in [0, 0.05) is 12.4 Å². The van der Waals surface area contributed by atoms with E-state index in [0.717, 1.165) is 6.20 Å². The van der Waals surface area contributed by atoms with Crippen LogP contribution < -0.4 is 4.74 Å². The molecule has 0 fully saturated rings. The molecule has 82 valence electrons. The maximum absolute atomic E-state index is 10.5. The Hall–Kier alpha value is -2.44. The fourth-order valence-corrected chi connectivity index (χ4v) is 1.02. The van der Waals surface area contributed by atoms with Gasteiger partial charge in [-0.2, -0.15) is 0 Å². The molecule has 0 aliphatic rings. The van der Waals surface area contributed by atoms with Gasteiger partial charge in [-0.15, -0.1) is 0 Å². The van der Waals surface area contributed by atoms with Gasteiger partial charge in [0.25, 0.3) is 0 Å². The van der Waals surface area contributed by atoms with Crippen molar-refractivity contribution in [1.29, 1.82) is 0 Å². The highest BCUT2D eigenvalue weighted by atomic mass is 16.5. The quantitative estimate of drug-likeness (QED) is 0.776. The maximum atomic E-state index is 10.5. The molecule has 0 saturated heterocycles. The number of H-pyrrole nitrogens is 1. The van der Waals surface area contributed by atoms with Crippen molar-refractivity contribution in [2.75, 3.05) is 0 Å². The number of imidazole rings is 1. The molecule has 7 nitrogen and oxygen atoms in total. The number of aromatic carboxylic acids is 1. The summed E-state index contributed by atoms with van der Waals surface area (Å²) in [6.45, 7) is 0.230. The molecular formula is C9H8N4O3. The predicted molar refractivity (Wildman–Crippen MR) is 51.9 cm³/mol. The third-order valence-corrected chi connectivity index (χ3v) is 1.76. The molecule has 7 heteroatoms. The Bertz CT molecular complexity index is 466. The first-order valence-corrected chi connectivity index (χ1v) is 4.42. The molecule has 2 aromatic heterocycles. The van der Waals surface area contributed by atoms with Crippen LogP contribution in [-0.2, 0) is 6.61 Å². The van der Waals surface area contributed by atoms with E-state index in [9.17, 15) is 4.79 Å². The Balaban J connectivity index is 1.98. The molecule has 0 aliphatic carbocycles. The van der Waals surface area contributed by atoms with Crippen LogP contribution in [0.5, 0.6) is 5.88 Å². The first-order valence-electron chi connectivity index (χ1n) is 4.42. The van der Waals surface area contributed by atoms with E-state index in [1.165, 1.54) is 6.20 Å². The van der Waals surface area contributed by atoms with Gasteiger partial charge in [-0.1, -0.05) is 0 Å². The highest BCUT2D eigenvalue weighted by Gasteiger charge is 2.05. The van der Waals surface area contributed by atoms with Gasteiger partial charge in [-0.3, -0.25) is 0 Å². The van der Waals surface area contributed by atoms with Crippen molar-refractivity contribution in [3.8, 4) is 5.88 Å². The van der Waals surface area contributed by atoms with Crippen LogP contribution >= 0.6 is 0 Å². The van der Waals surface area contributed by atoms with Crippen LogP contribution in [0.25, 0.3) is 0 Å². The molecular weight excluding hydrogens is 212 g/mol. The largest absolute Gasteiger partial charge is 0.476 e. The van der Waals surface area contributed by atoms with Crippen molar-refractivity contribution in [3.63, 3.8) is 0 Å². The first-order chi connectivity index (χ1) is 7.75. The Morgan fingerprint density at radius 2 is 2.25 bits per heavy atom. The van der Waals surface area contributed by atoms with Gasteiger partial charge in [0.2, 0.25) is 5.88 Å². The number of nitrogens with one attached hydrogen (secondary N) is 1. The number of hydrogen-bond donors (Lipinski definition) is 2.